The minimum Gasteiger partial charge on any atom is -0.444 e. The topological polar surface area (TPSA) is 112 Å². The Morgan fingerprint density at radius 3 is 2.06 bits per heavy atom. The lowest BCUT2D eigenvalue weighted by Crippen LogP contribution is -2.55. The van der Waals surface area contributed by atoms with Crippen LogP contribution in [0, 0.1) is 31.1 Å². The number of ether oxygens (including phenoxy) is 1. The van der Waals surface area contributed by atoms with E-state index in [0.717, 1.165) is 11.1 Å². The lowest BCUT2D eigenvalue weighted by Gasteiger charge is -2.35. The van der Waals surface area contributed by atoms with Crippen molar-refractivity contribution in [3.8, 4) is 6.07 Å². The Balaban J connectivity index is 3.53. The number of nitrogens with zero attached hydrogens (tertiary/aromatic N) is 2. The maximum atomic E-state index is 13.8. The highest BCUT2D eigenvalue weighted by Gasteiger charge is 2.38. The van der Waals surface area contributed by atoms with Gasteiger partial charge in [0.2, 0.25) is 11.8 Å². The third-order valence-corrected chi connectivity index (χ3v) is 5.23. The quantitative estimate of drug-likeness (QED) is 0.524. The molecule has 0 aliphatic rings. The van der Waals surface area contributed by atoms with Gasteiger partial charge in [0, 0.05) is 6.04 Å². The molecule has 3 amide bonds. The van der Waals surface area contributed by atoms with Crippen LogP contribution in [0.15, 0.2) is 18.2 Å². The second-order valence-corrected chi connectivity index (χ2v) is 10.1. The van der Waals surface area contributed by atoms with Crippen molar-refractivity contribution in [2.24, 2.45) is 5.92 Å². The molecule has 0 heterocycles. The van der Waals surface area contributed by atoms with Gasteiger partial charge >= 0.3 is 6.09 Å². The zero-order valence-corrected chi connectivity index (χ0v) is 22.0. The van der Waals surface area contributed by atoms with Gasteiger partial charge in [-0.2, -0.15) is 5.26 Å². The largest absolute Gasteiger partial charge is 0.444 e. The fourth-order valence-electron chi connectivity index (χ4n) is 3.67. The van der Waals surface area contributed by atoms with E-state index in [0.29, 0.717) is 12.0 Å². The minimum atomic E-state index is -1.03. The molecule has 0 aromatic heterocycles. The summed E-state index contributed by atoms with van der Waals surface area (Å²) >= 11 is 0. The number of benzene rings is 1. The van der Waals surface area contributed by atoms with Crippen LogP contribution in [-0.2, 0) is 14.3 Å². The number of alkyl carbamates (subject to hydrolysis) is 1. The molecule has 0 spiro atoms. The fraction of sp³-hybridized carbons (Fsp3) is 0.615. The van der Waals surface area contributed by atoms with Crippen molar-refractivity contribution in [2.75, 3.05) is 6.54 Å². The molecular weight excluding hydrogens is 432 g/mol. The Morgan fingerprint density at radius 1 is 1.06 bits per heavy atom. The van der Waals surface area contributed by atoms with Crippen LogP contribution in [0.2, 0.25) is 0 Å². The van der Waals surface area contributed by atoms with E-state index in [1.54, 1.807) is 20.8 Å². The molecule has 34 heavy (non-hydrogen) atoms. The van der Waals surface area contributed by atoms with E-state index in [-0.39, 0.29) is 24.4 Å². The van der Waals surface area contributed by atoms with E-state index >= 15 is 0 Å². The van der Waals surface area contributed by atoms with Gasteiger partial charge in [0.25, 0.3) is 0 Å². The van der Waals surface area contributed by atoms with Gasteiger partial charge in [-0.3, -0.25) is 9.59 Å². The van der Waals surface area contributed by atoms with Crippen LogP contribution in [0.5, 0.6) is 0 Å². The Kier molecular flexibility index (Phi) is 10.6. The van der Waals surface area contributed by atoms with Gasteiger partial charge in [0.1, 0.15) is 24.2 Å². The molecule has 1 aromatic carbocycles. The Bertz CT molecular complexity index is 894. The van der Waals surface area contributed by atoms with E-state index in [2.05, 4.69) is 10.6 Å². The smallest absolute Gasteiger partial charge is 0.408 e. The van der Waals surface area contributed by atoms with E-state index < -0.39 is 29.7 Å². The summed E-state index contributed by atoms with van der Waals surface area (Å²) in [6, 6.07) is 5.53. The SMILES string of the molecule is CCC(C)C(NC(=O)OC(C)(C)C)C(=O)N(CC#N)C(C(=O)NC(C)C)c1cc(C)cc(C)c1. The molecule has 3 unspecified atom stereocenters. The van der Waals surface area contributed by atoms with E-state index in [4.69, 9.17) is 4.74 Å². The fourth-order valence-corrected chi connectivity index (χ4v) is 3.67. The molecule has 188 valence electrons. The molecule has 0 saturated heterocycles. The third-order valence-electron chi connectivity index (χ3n) is 5.23. The molecule has 2 N–H and O–H groups in total. The van der Waals surface area contributed by atoms with Gasteiger partial charge in [0.15, 0.2) is 0 Å². The lowest BCUT2D eigenvalue weighted by molar-refractivity contribution is -0.142. The number of nitrogens with one attached hydrogen (secondary N) is 2. The molecule has 0 fully saturated rings. The first-order chi connectivity index (χ1) is 15.7. The van der Waals surface area contributed by atoms with Crippen LogP contribution < -0.4 is 10.6 Å². The molecule has 8 heteroatoms. The molecule has 0 radical (unpaired) electrons. The molecule has 0 bridgehead atoms. The number of nitriles is 1. The van der Waals surface area contributed by atoms with Gasteiger partial charge in [-0.05, 0) is 59.9 Å². The summed E-state index contributed by atoms with van der Waals surface area (Å²) in [5.74, 6) is -1.15. The van der Waals surface area contributed by atoms with E-state index in [9.17, 15) is 19.6 Å². The van der Waals surface area contributed by atoms with Gasteiger partial charge in [-0.1, -0.05) is 49.6 Å². The van der Waals surface area contributed by atoms with Crippen LogP contribution >= 0.6 is 0 Å². The summed E-state index contributed by atoms with van der Waals surface area (Å²) in [5, 5.41) is 15.1. The summed E-state index contributed by atoms with van der Waals surface area (Å²) in [5.41, 5.74) is 1.75. The summed E-state index contributed by atoms with van der Waals surface area (Å²) < 4.78 is 5.36. The summed E-state index contributed by atoms with van der Waals surface area (Å²) in [7, 11) is 0. The molecule has 8 nitrogen and oxygen atoms in total. The third kappa shape index (κ3) is 8.69. The average Bonchev–Trinajstić information content (AvgIpc) is 2.68. The minimum absolute atomic E-state index is 0.162. The van der Waals surface area contributed by atoms with Crippen LogP contribution in [-0.4, -0.2) is 47.0 Å². The summed E-state index contributed by atoms with van der Waals surface area (Å²) in [4.78, 5) is 41.0. The van der Waals surface area contributed by atoms with Gasteiger partial charge < -0.3 is 20.3 Å². The maximum Gasteiger partial charge on any atom is 0.408 e. The zero-order chi connectivity index (χ0) is 26.2. The van der Waals surface area contributed by atoms with Crippen molar-refractivity contribution in [3.05, 3.63) is 34.9 Å². The highest BCUT2D eigenvalue weighted by atomic mass is 16.6. The number of aryl methyl sites for hydroxylation is 2. The molecule has 0 aliphatic heterocycles. The predicted octanol–water partition coefficient (Wildman–Crippen LogP) is 4.16. The standard InChI is InChI=1S/C26H40N4O4/c1-10-19(6)21(29-25(33)34-26(7,8)9)24(32)30(12-11-27)22(23(31)28-16(2)3)20-14-17(4)13-18(5)15-20/h13-16,19,21-22H,10,12H2,1-9H3,(H,28,31)(H,29,33). The first kappa shape index (κ1) is 29.0. The highest BCUT2D eigenvalue weighted by molar-refractivity contribution is 5.92. The summed E-state index contributed by atoms with van der Waals surface area (Å²) in [6.45, 7) is 16.1. The summed E-state index contributed by atoms with van der Waals surface area (Å²) in [6.07, 6.45) is -0.128. The molecule has 0 saturated carbocycles. The van der Waals surface area contributed by atoms with E-state index in [1.165, 1.54) is 4.90 Å². The first-order valence-electron chi connectivity index (χ1n) is 11.8. The monoisotopic (exact) mass is 472 g/mol. The molecule has 0 aliphatic carbocycles. The van der Waals surface area contributed by atoms with Crippen LogP contribution in [0.4, 0.5) is 4.79 Å². The average molecular weight is 473 g/mol. The highest BCUT2D eigenvalue weighted by Crippen LogP contribution is 2.26. The van der Waals surface area contributed by atoms with Gasteiger partial charge in [-0.15, -0.1) is 0 Å². The second kappa shape index (κ2) is 12.4. The zero-order valence-electron chi connectivity index (χ0n) is 22.0. The van der Waals surface area contributed by atoms with Crippen LogP contribution in [0.3, 0.4) is 0 Å². The van der Waals surface area contributed by atoms with Crippen molar-refractivity contribution >= 4 is 17.9 Å². The maximum absolute atomic E-state index is 13.8. The number of amides is 3. The number of rotatable bonds is 9. The number of hydrogen-bond donors (Lipinski definition) is 2. The molecule has 1 rings (SSSR count). The van der Waals surface area contributed by atoms with Crippen molar-refractivity contribution in [2.45, 2.75) is 92.5 Å². The molecular formula is C26H40N4O4. The lowest BCUT2D eigenvalue weighted by atomic mass is 9.94. The van der Waals surface area contributed by atoms with Crippen molar-refractivity contribution in [1.82, 2.24) is 15.5 Å². The van der Waals surface area contributed by atoms with Gasteiger partial charge in [0.05, 0.1) is 6.07 Å². The normalized spacial score (nSPS) is 13.9. The first-order valence-corrected chi connectivity index (χ1v) is 11.8. The van der Waals surface area contributed by atoms with Crippen LogP contribution in [0.1, 0.15) is 77.6 Å². The Morgan fingerprint density at radius 2 is 1.62 bits per heavy atom. The molecule has 1 aromatic rings. The van der Waals surface area contributed by atoms with Crippen LogP contribution in [0.25, 0.3) is 0 Å². The number of carbonyl (C=O) groups is 3. The van der Waals surface area contributed by atoms with Gasteiger partial charge in [-0.25, -0.2) is 4.79 Å². The molecule has 3 atom stereocenters. The second-order valence-electron chi connectivity index (χ2n) is 10.1. The van der Waals surface area contributed by atoms with Crippen molar-refractivity contribution in [3.63, 3.8) is 0 Å². The number of carbonyl (C=O) groups excluding carboxylic acids is 3. The van der Waals surface area contributed by atoms with Crippen molar-refractivity contribution < 1.29 is 19.1 Å². The Hall–Kier alpha value is -3.08. The Labute approximate surface area is 204 Å². The van der Waals surface area contributed by atoms with Crippen molar-refractivity contribution in [1.29, 1.82) is 5.26 Å². The van der Waals surface area contributed by atoms with E-state index in [1.807, 2.05) is 65.8 Å². The number of hydrogen-bond acceptors (Lipinski definition) is 5. The predicted molar refractivity (Wildman–Crippen MR) is 132 cm³/mol.